The molecule has 0 aromatic heterocycles. The van der Waals surface area contributed by atoms with Crippen LogP contribution in [-0.2, 0) is 9.47 Å². The molecule has 3 atom stereocenters. The Labute approximate surface area is 99.0 Å². The number of rotatable bonds is 3. The molecule has 0 bridgehead atoms. The lowest BCUT2D eigenvalue weighted by Gasteiger charge is -2.42. The van der Waals surface area contributed by atoms with Gasteiger partial charge in [-0.05, 0) is 39.0 Å². The van der Waals surface area contributed by atoms with Gasteiger partial charge in [-0.25, -0.2) is 0 Å². The molecule has 0 aromatic rings. The van der Waals surface area contributed by atoms with Crippen molar-refractivity contribution in [2.24, 2.45) is 5.92 Å². The third kappa shape index (κ3) is 2.67. The lowest BCUT2D eigenvalue weighted by Crippen LogP contribution is -2.43. The van der Waals surface area contributed by atoms with Crippen molar-refractivity contribution in [3.63, 3.8) is 0 Å². The minimum Gasteiger partial charge on any atom is -0.353 e. The van der Waals surface area contributed by atoms with E-state index in [1.807, 2.05) is 0 Å². The molecule has 1 heterocycles. The molecule has 1 aliphatic carbocycles. The quantitative estimate of drug-likeness (QED) is 0.681. The minimum absolute atomic E-state index is 0.0271. The molecule has 2 fully saturated rings. The van der Waals surface area contributed by atoms with Gasteiger partial charge in [-0.1, -0.05) is 18.9 Å². The Kier molecular flexibility index (Phi) is 4.04. The van der Waals surface area contributed by atoms with E-state index >= 15 is 0 Å². The van der Waals surface area contributed by atoms with Gasteiger partial charge in [-0.2, -0.15) is 0 Å². The first kappa shape index (κ1) is 12.1. The highest BCUT2D eigenvalue weighted by Gasteiger charge is 2.38. The van der Waals surface area contributed by atoms with Crippen LogP contribution < -0.4 is 0 Å². The first-order valence-electron chi connectivity index (χ1n) is 6.66. The van der Waals surface area contributed by atoms with Crippen LogP contribution in [0.5, 0.6) is 0 Å². The second-order valence-corrected chi connectivity index (χ2v) is 5.31. The molecule has 2 nitrogen and oxygen atoms in total. The van der Waals surface area contributed by atoms with E-state index in [2.05, 4.69) is 19.6 Å². The Balaban J connectivity index is 1.95. The van der Waals surface area contributed by atoms with E-state index in [1.54, 1.807) is 0 Å². The van der Waals surface area contributed by atoms with Crippen LogP contribution in [0.25, 0.3) is 0 Å². The Morgan fingerprint density at radius 2 is 2.06 bits per heavy atom. The van der Waals surface area contributed by atoms with E-state index in [4.69, 9.17) is 9.47 Å². The first-order valence-corrected chi connectivity index (χ1v) is 6.66. The van der Waals surface area contributed by atoms with Gasteiger partial charge in [-0.15, -0.1) is 6.58 Å². The molecular formula is C14H24O2. The zero-order valence-corrected chi connectivity index (χ0v) is 10.4. The fourth-order valence-electron chi connectivity index (χ4n) is 2.95. The molecule has 1 saturated heterocycles. The largest absolute Gasteiger partial charge is 0.353 e. The van der Waals surface area contributed by atoms with E-state index in [0.717, 1.165) is 19.4 Å². The monoisotopic (exact) mass is 224 g/mol. The van der Waals surface area contributed by atoms with Gasteiger partial charge < -0.3 is 9.47 Å². The fraction of sp³-hybridized carbons (Fsp3) is 0.857. The van der Waals surface area contributed by atoms with Gasteiger partial charge in [0.25, 0.3) is 0 Å². The average Bonchev–Trinajstić information content (AvgIpc) is 2.30. The molecular weight excluding hydrogens is 200 g/mol. The summed E-state index contributed by atoms with van der Waals surface area (Å²) in [6.07, 6.45) is 10.5. The van der Waals surface area contributed by atoms with Gasteiger partial charge in [0.1, 0.15) is 0 Å². The van der Waals surface area contributed by atoms with Gasteiger partial charge in [0.05, 0.1) is 5.60 Å². The van der Waals surface area contributed by atoms with E-state index in [9.17, 15) is 0 Å². The summed E-state index contributed by atoms with van der Waals surface area (Å²) in [5.41, 5.74) is -0.0397. The molecule has 0 radical (unpaired) electrons. The second kappa shape index (κ2) is 5.33. The number of hydrogen-bond acceptors (Lipinski definition) is 2. The van der Waals surface area contributed by atoms with Crippen molar-refractivity contribution >= 4 is 0 Å². The highest BCUT2D eigenvalue weighted by atomic mass is 16.7. The molecule has 92 valence electrons. The standard InChI is InChI=1S/C14H24O2/c1-3-12-8-4-6-10-14(12,2)16-13-9-5-7-11-15-13/h3,12-13H,1,4-11H2,2H3. The van der Waals surface area contributed by atoms with E-state index in [-0.39, 0.29) is 11.9 Å². The van der Waals surface area contributed by atoms with Crippen LogP contribution in [0.4, 0.5) is 0 Å². The maximum atomic E-state index is 6.23. The summed E-state index contributed by atoms with van der Waals surface area (Å²) in [5.74, 6) is 0.492. The maximum Gasteiger partial charge on any atom is 0.158 e. The summed E-state index contributed by atoms with van der Waals surface area (Å²) in [7, 11) is 0. The van der Waals surface area contributed by atoms with E-state index in [0.29, 0.717) is 5.92 Å². The molecule has 16 heavy (non-hydrogen) atoms. The minimum atomic E-state index is -0.0397. The van der Waals surface area contributed by atoms with Crippen LogP contribution in [0.15, 0.2) is 12.7 Å². The topological polar surface area (TPSA) is 18.5 Å². The van der Waals surface area contributed by atoms with Crippen LogP contribution >= 0.6 is 0 Å². The van der Waals surface area contributed by atoms with Crippen LogP contribution in [0.1, 0.15) is 51.9 Å². The van der Waals surface area contributed by atoms with Crippen LogP contribution in [0, 0.1) is 5.92 Å². The van der Waals surface area contributed by atoms with Gasteiger partial charge in [-0.3, -0.25) is 0 Å². The molecule has 3 unspecified atom stereocenters. The van der Waals surface area contributed by atoms with Crippen molar-refractivity contribution in [2.75, 3.05) is 6.61 Å². The van der Waals surface area contributed by atoms with Crippen molar-refractivity contribution in [1.29, 1.82) is 0 Å². The van der Waals surface area contributed by atoms with E-state index < -0.39 is 0 Å². The normalized spacial score (nSPS) is 40.6. The van der Waals surface area contributed by atoms with Crippen molar-refractivity contribution in [3.8, 4) is 0 Å². The Morgan fingerprint density at radius 1 is 1.25 bits per heavy atom. The third-order valence-corrected chi connectivity index (χ3v) is 4.05. The smallest absolute Gasteiger partial charge is 0.158 e. The summed E-state index contributed by atoms with van der Waals surface area (Å²) in [6, 6.07) is 0. The second-order valence-electron chi connectivity index (χ2n) is 5.31. The van der Waals surface area contributed by atoms with Gasteiger partial charge in [0, 0.05) is 12.5 Å². The van der Waals surface area contributed by atoms with Crippen LogP contribution in [0.3, 0.4) is 0 Å². The zero-order valence-electron chi connectivity index (χ0n) is 10.4. The number of hydrogen-bond donors (Lipinski definition) is 0. The predicted molar refractivity (Wildman–Crippen MR) is 65.2 cm³/mol. The fourth-order valence-corrected chi connectivity index (χ4v) is 2.95. The summed E-state index contributed by atoms with van der Waals surface area (Å²) in [6.45, 7) is 7.05. The highest BCUT2D eigenvalue weighted by Crippen LogP contribution is 2.39. The molecule has 2 rings (SSSR count). The zero-order chi connectivity index (χ0) is 11.4. The van der Waals surface area contributed by atoms with E-state index in [1.165, 1.54) is 32.1 Å². The van der Waals surface area contributed by atoms with Crippen molar-refractivity contribution in [2.45, 2.75) is 63.8 Å². The molecule has 2 heteroatoms. The average molecular weight is 224 g/mol. The summed E-state index contributed by atoms with van der Waals surface area (Å²) in [5, 5.41) is 0. The summed E-state index contributed by atoms with van der Waals surface area (Å²) < 4.78 is 11.9. The Bertz CT molecular complexity index is 233. The lowest BCUT2D eigenvalue weighted by atomic mass is 9.76. The van der Waals surface area contributed by atoms with Crippen LogP contribution in [0.2, 0.25) is 0 Å². The molecule has 1 saturated carbocycles. The predicted octanol–water partition coefficient (Wildman–Crippen LogP) is 3.66. The third-order valence-electron chi connectivity index (χ3n) is 4.05. The maximum absolute atomic E-state index is 6.23. The van der Waals surface area contributed by atoms with Crippen molar-refractivity contribution < 1.29 is 9.47 Å². The summed E-state index contributed by atoms with van der Waals surface area (Å²) in [4.78, 5) is 0. The van der Waals surface area contributed by atoms with Gasteiger partial charge >= 0.3 is 0 Å². The first-order chi connectivity index (χ1) is 7.74. The lowest BCUT2D eigenvalue weighted by molar-refractivity contribution is -0.237. The van der Waals surface area contributed by atoms with Gasteiger partial charge in [0.15, 0.2) is 6.29 Å². The Hall–Kier alpha value is -0.340. The molecule has 0 spiro atoms. The number of ether oxygens (including phenoxy) is 2. The molecule has 0 N–H and O–H groups in total. The highest BCUT2D eigenvalue weighted by molar-refractivity contribution is 4.97. The molecule has 2 aliphatic rings. The SMILES string of the molecule is C=CC1CCCCC1(C)OC1CCCCO1. The van der Waals surface area contributed by atoms with Crippen molar-refractivity contribution in [3.05, 3.63) is 12.7 Å². The molecule has 0 amide bonds. The van der Waals surface area contributed by atoms with Gasteiger partial charge in [0.2, 0.25) is 0 Å². The van der Waals surface area contributed by atoms with Crippen LogP contribution in [-0.4, -0.2) is 18.5 Å². The summed E-state index contributed by atoms with van der Waals surface area (Å²) >= 11 is 0. The Morgan fingerprint density at radius 3 is 2.75 bits per heavy atom. The van der Waals surface area contributed by atoms with Crippen molar-refractivity contribution in [1.82, 2.24) is 0 Å². The molecule has 1 aliphatic heterocycles. The molecule has 0 aromatic carbocycles.